The second-order valence-electron chi connectivity index (χ2n) is 14.7. The largest absolute Gasteiger partial charge is 0.456 e. The molecule has 11 rings (SSSR count). The molecule has 2 heterocycles. The summed E-state index contributed by atoms with van der Waals surface area (Å²) in [7, 11) is 0. The van der Waals surface area contributed by atoms with Gasteiger partial charge in [0, 0.05) is 33.4 Å². The Morgan fingerprint density at radius 2 is 0.911 bits per heavy atom. The monoisotopic (exact) mass is 716 g/mol. The lowest BCUT2D eigenvalue weighted by atomic mass is 9.63. The van der Waals surface area contributed by atoms with Crippen molar-refractivity contribution in [1.29, 1.82) is 0 Å². The minimum Gasteiger partial charge on any atom is -0.456 e. The van der Waals surface area contributed by atoms with E-state index in [1.807, 2.05) is 6.07 Å². The Kier molecular flexibility index (Phi) is 7.53. The first-order chi connectivity index (χ1) is 27.8. The van der Waals surface area contributed by atoms with Crippen LogP contribution in [-0.4, -0.2) is 9.97 Å². The van der Waals surface area contributed by atoms with Gasteiger partial charge < -0.3 is 4.74 Å². The number of aromatic nitrogens is 2. The summed E-state index contributed by atoms with van der Waals surface area (Å²) in [6.07, 6.45) is 6.63. The summed E-state index contributed by atoms with van der Waals surface area (Å²) in [4.78, 5) is 10.7. The fraction of sp³-hybridized carbons (Fsp3) is 0.0566. The van der Waals surface area contributed by atoms with E-state index in [0.29, 0.717) is 5.82 Å². The number of fused-ring (bicyclic) bond motifs is 9. The number of nitrogens with zero attached hydrogens (tertiary/aromatic N) is 2. The minimum atomic E-state index is -0.501. The molecule has 0 fully saturated rings. The maximum absolute atomic E-state index is 7.12. The predicted octanol–water partition coefficient (Wildman–Crippen LogP) is 13.1. The van der Waals surface area contributed by atoms with Crippen LogP contribution in [0, 0.1) is 0 Å². The zero-order valence-electron chi connectivity index (χ0n) is 30.7. The standard InChI is InChI=1S/C53H36N2O/c1-3-17-35(18-4-1)37-21-15-22-38(33-37)49-34-48(36-19-5-2-6-20-36)54-52(55-49)43-26-8-7-23-39(43)42-27-16-31-47-51(42)56-50-32-14-13-30-46(50)53(47)44-28-11-9-24-40(44)41-25-10-12-29-45(41)53/h1-12,15-34H,13-14H2. The molecule has 1 aliphatic heterocycles. The van der Waals surface area contributed by atoms with E-state index in [-0.39, 0.29) is 0 Å². The third kappa shape index (κ3) is 4.98. The molecule has 3 aliphatic rings. The lowest BCUT2D eigenvalue weighted by molar-refractivity contribution is 0.385. The van der Waals surface area contributed by atoms with Crippen LogP contribution in [0.2, 0.25) is 0 Å². The van der Waals surface area contributed by atoms with E-state index in [0.717, 1.165) is 74.7 Å². The maximum Gasteiger partial charge on any atom is 0.161 e. The molecule has 0 atom stereocenters. The van der Waals surface area contributed by atoms with Gasteiger partial charge in [0.15, 0.2) is 5.82 Å². The zero-order chi connectivity index (χ0) is 37.1. The highest BCUT2D eigenvalue weighted by atomic mass is 16.5. The fourth-order valence-electron chi connectivity index (χ4n) is 9.19. The molecule has 0 saturated carbocycles. The van der Waals surface area contributed by atoms with Crippen molar-refractivity contribution in [2.75, 3.05) is 0 Å². The van der Waals surface area contributed by atoms with Crippen LogP contribution in [0.1, 0.15) is 29.5 Å². The first kappa shape index (κ1) is 32.3. The van der Waals surface area contributed by atoms with E-state index in [2.05, 4.69) is 188 Å². The second kappa shape index (κ2) is 13.0. The first-order valence-corrected chi connectivity index (χ1v) is 19.4. The molecule has 1 aromatic heterocycles. The summed E-state index contributed by atoms with van der Waals surface area (Å²) < 4.78 is 7.12. The average Bonchev–Trinajstić information content (AvgIpc) is 3.57. The second-order valence-corrected chi connectivity index (χ2v) is 14.7. The number of benzene rings is 7. The van der Waals surface area contributed by atoms with Crippen molar-refractivity contribution in [3.05, 3.63) is 222 Å². The van der Waals surface area contributed by atoms with E-state index in [1.54, 1.807) is 0 Å². The van der Waals surface area contributed by atoms with Gasteiger partial charge >= 0.3 is 0 Å². The summed E-state index contributed by atoms with van der Waals surface area (Å²) >= 11 is 0. The Morgan fingerprint density at radius 1 is 0.393 bits per heavy atom. The number of rotatable bonds is 5. The van der Waals surface area contributed by atoms with Crippen molar-refractivity contribution in [3.8, 4) is 73.0 Å². The quantitative estimate of drug-likeness (QED) is 0.178. The Labute approximate surface area is 327 Å². The number of allylic oxidation sites excluding steroid dienone is 3. The summed E-state index contributed by atoms with van der Waals surface area (Å²) in [5, 5.41) is 0. The number of hydrogen-bond donors (Lipinski definition) is 0. The van der Waals surface area contributed by atoms with Gasteiger partial charge in [0.2, 0.25) is 0 Å². The molecule has 0 amide bonds. The van der Waals surface area contributed by atoms with E-state index in [1.165, 1.54) is 33.4 Å². The molecular formula is C53H36N2O. The Morgan fingerprint density at radius 3 is 1.64 bits per heavy atom. The fourth-order valence-corrected chi connectivity index (χ4v) is 9.19. The molecule has 56 heavy (non-hydrogen) atoms. The van der Waals surface area contributed by atoms with Gasteiger partial charge in [0.1, 0.15) is 11.5 Å². The molecule has 8 aromatic rings. The molecule has 264 valence electrons. The summed E-state index contributed by atoms with van der Waals surface area (Å²) in [5.41, 5.74) is 16.2. The molecular weight excluding hydrogens is 681 g/mol. The van der Waals surface area contributed by atoms with Crippen LogP contribution in [-0.2, 0) is 5.41 Å². The normalized spacial score (nSPS) is 14.4. The average molecular weight is 717 g/mol. The molecule has 0 bridgehead atoms. The molecule has 3 nitrogen and oxygen atoms in total. The van der Waals surface area contributed by atoms with Crippen LogP contribution in [0.25, 0.3) is 67.3 Å². The summed E-state index contributed by atoms with van der Waals surface area (Å²) in [6.45, 7) is 0. The maximum atomic E-state index is 7.12. The third-order valence-electron chi connectivity index (χ3n) is 11.6. The van der Waals surface area contributed by atoms with Crippen molar-refractivity contribution in [1.82, 2.24) is 9.97 Å². The van der Waals surface area contributed by atoms with Gasteiger partial charge in [0.05, 0.1) is 16.8 Å². The molecule has 1 spiro atoms. The van der Waals surface area contributed by atoms with Crippen LogP contribution in [0.15, 0.2) is 205 Å². The van der Waals surface area contributed by atoms with Crippen LogP contribution < -0.4 is 4.74 Å². The zero-order valence-corrected chi connectivity index (χ0v) is 30.7. The molecule has 0 unspecified atom stereocenters. The van der Waals surface area contributed by atoms with Crippen LogP contribution >= 0.6 is 0 Å². The Bertz CT molecular complexity index is 2840. The van der Waals surface area contributed by atoms with Crippen molar-refractivity contribution < 1.29 is 4.74 Å². The highest BCUT2D eigenvalue weighted by molar-refractivity contribution is 5.92. The van der Waals surface area contributed by atoms with Crippen molar-refractivity contribution in [3.63, 3.8) is 0 Å². The van der Waals surface area contributed by atoms with Crippen LogP contribution in [0.5, 0.6) is 5.75 Å². The number of hydrogen-bond acceptors (Lipinski definition) is 3. The van der Waals surface area contributed by atoms with E-state index < -0.39 is 5.41 Å². The molecule has 7 aromatic carbocycles. The van der Waals surface area contributed by atoms with Crippen LogP contribution in [0.4, 0.5) is 0 Å². The first-order valence-electron chi connectivity index (χ1n) is 19.4. The highest BCUT2D eigenvalue weighted by Gasteiger charge is 2.53. The summed E-state index contributed by atoms with van der Waals surface area (Å²) in [6, 6.07) is 64.7. The minimum absolute atomic E-state index is 0.501. The summed E-state index contributed by atoms with van der Waals surface area (Å²) in [5.74, 6) is 2.49. The third-order valence-corrected chi connectivity index (χ3v) is 11.6. The molecule has 0 radical (unpaired) electrons. The topological polar surface area (TPSA) is 35.0 Å². The molecule has 0 saturated heterocycles. The lowest BCUT2D eigenvalue weighted by Gasteiger charge is -2.43. The van der Waals surface area contributed by atoms with Gasteiger partial charge in [-0.05, 0) is 70.0 Å². The van der Waals surface area contributed by atoms with Crippen molar-refractivity contribution in [2.45, 2.75) is 18.3 Å². The van der Waals surface area contributed by atoms with E-state index in [9.17, 15) is 0 Å². The predicted molar refractivity (Wildman–Crippen MR) is 227 cm³/mol. The van der Waals surface area contributed by atoms with Crippen LogP contribution in [0.3, 0.4) is 0 Å². The lowest BCUT2D eigenvalue weighted by Crippen LogP contribution is -2.36. The molecule has 3 heteroatoms. The smallest absolute Gasteiger partial charge is 0.161 e. The van der Waals surface area contributed by atoms with Gasteiger partial charge in [-0.3, -0.25) is 0 Å². The van der Waals surface area contributed by atoms with Gasteiger partial charge in [-0.2, -0.15) is 0 Å². The highest BCUT2D eigenvalue weighted by Crippen LogP contribution is 2.63. The Balaban J connectivity index is 1.13. The molecule has 2 aliphatic carbocycles. The van der Waals surface area contributed by atoms with E-state index in [4.69, 9.17) is 14.7 Å². The van der Waals surface area contributed by atoms with Gasteiger partial charge in [-0.1, -0.05) is 176 Å². The SMILES string of the molecule is C1=C2Oc3c(-c4ccccc4-c4nc(-c5ccccc5)cc(-c5cccc(-c6ccccc6)c5)n4)cccc3C3(C2=CCC1)c1ccccc1-c1ccccc13. The number of para-hydroxylation sites is 1. The van der Waals surface area contributed by atoms with Gasteiger partial charge in [-0.15, -0.1) is 0 Å². The molecule has 0 N–H and O–H groups in total. The van der Waals surface area contributed by atoms with Gasteiger partial charge in [0.25, 0.3) is 0 Å². The van der Waals surface area contributed by atoms with Crippen molar-refractivity contribution >= 4 is 0 Å². The van der Waals surface area contributed by atoms with Crippen molar-refractivity contribution in [2.24, 2.45) is 0 Å². The number of ether oxygens (including phenoxy) is 1. The van der Waals surface area contributed by atoms with E-state index >= 15 is 0 Å². The van der Waals surface area contributed by atoms with Gasteiger partial charge in [-0.25, -0.2) is 9.97 Å². The Hall–Kier alpha value is -7.10.